The summed E-state index contributed by atoms with van der Waals surface area (Å²) in [5.74, 6) is 0.678. The highest BCUT2D eigenvalue weighted by atomic mass is 16.2. The zero-order chi connectivity index (χ0) is 15.4. The number of nitrogens with one attached hydrogen (secondary N) is 2. The average molecular weight is 302 g/mol. The Kier molecular flexibility index (Phi) is 4.93. The third-order valence-electron chi connectivity index (χ3n) is 4.85. The molecule has 1 aromatic rings. The molecular formula is C17H26N4O. The summed E-state index contributed by atoms with van der Waals surface area (Å²) >= 11 is 0. The highest BCUT2D eigenvalue weighted by Crippen LogP contribution is 2.25. The van der Waals surface area contributed by atoms with Gasteiger partial charge in [-0.3, -0.25) is 9.89 Å². The highest BCUT2D eigenvalue weighted by Gasteiger charge is 2.27. The maximum absolute atomic E-state index is 12.9. The number of carbonyl (C=O) groups is 1. The first kappa shape index (κ1) is 15.3. The van der Waals surface area contributed by atoms with Gasteiger partial charge < -0.3 is 10.2 Å². The molecule has 0 unspecified atom stereocenters. The molecule has 2 heterocycles. The van der Waals surface area contributed by atoms with E-state index in [-0.39, 0.29) is 5.91 Å². The van der Waals surface area contributed by atoms with E-state index < -0.39 is 0 Å². The van der Waals surface area contributed by atoms with Crippen molar-refractivity contribution in [2.45, 2.75) is 45.1 Å². The van der Waals surface area contributed by atoms with Crippen molar-refractivity contribution in [1.29, 1.82) is 0 Å². The van der Waals surface area contributed by atoms with Gasteiger partial charge in [-0.25, -0.2) is 0 Å². The Balaban J connectivity index is 1.74. The molecule has 1 aliphatic carbocycles. The van der Waals surface area contributed by atoms with Crippen LogP contribution in [0.15, 0.2) is 12.7 Å². The second kappa shape index (κ2) is 7.09. The van der Waals surface area contributed by atoms with Crippen molar-refractivity contribution in [3.05, 3.63) is 29.6 Å². The molecule has 2 N–H and O–H groups in total. The summed E-state index contributed by atoms with van der Waals surface area (Å²) in [5.41, 5.74) is 2.76. The van der Waals surface area contributed by atoms with Crippen LogP contribution in [0.5, 0.6) is 0 Å². The van der Waals surface area contributed by atoms with E-state index in [1.807, 2.05) is 11.0 Å². The molecule has 1 saturated carbocycles. The lowest BCUT2D eigenvalue weighted by atomic mass is 9.89. The smallest absolute Gasteiger partial charge is 0.274 e. The van der Waals surface area contributed by atoms with Crippen LogP contribution in [0.4, 0.5) is 0 Å². The molecule has 1 fully saturated rings. The Labute approximate surface area is 132 Å². The standard InChI is InChI=1S/C17H26N4O/c1-2-10-21(12-13-6-4-3-5-7-13)17(22)16-14-11-18-9-8-15(14)19-20-16/h2,13,18H,1,3-12H2,(H,19,20). The van der Waals surface area contributed by atoms with Crippen LogP contribution < -0.4 is 5.32 Å². The van der Waals surface area contributed by atoms with E-state index in [1.54, 1.807) is 0 Å². The van der Waals surface area contributed by atoms with Crippen LogP contribution in [-0.2, 0) is 13.0 Å². The van der Waals surface area contributed by atoms with E-state index >= 15 is 0 Å². The second-order valence-electron chi connectivity index (χ2n) is 6.46. The third kappa shape index (κ3) is 3.24. The molecule has 5 heteroatoms. The Bertz CT molecular complexity index is 531. The van der Waals surface area contributed by atoms with E-state index in [9.17, 15) is 4.79 Å². The molecule has 0 spiro atoms. The number of hydrogen-bond acceptors (Lipinski definition) is 3. The molecule has 0 atom stereocenters. The van der Waals surface area contributed by atoms with E-state index in [1.165, 1.54) is 32.1 Å². The molecule has 0 aromatic carbocycles. The van der Waals surface area contributed by atoms with Crippen molar-refractivity contribution in [2.75, 3.05) is 19.6 Å². The van der Waals surface area contributed by atoms with Crippen molar-refractivity contribution >= 4 is 5.91 Å². The molecule has 5 nitrogen and oxygen atoms in total. The van der Waals surface area contributed by atoms with Gasteiger partial charge in [0.05, 0.1) is 0 Å². The number of aromatic amines is 1. The van der Waals surface area contributed by atoms with Crippen molar-refractivity contribution in [1.82, 2.24) is 20.4 Å². The molecule has 1 aromatic heterocycles. The summed E-state index contributed by atoms with van der Waals surface area (Å²) in [5, 5.41) is 10.7. The van der Waals surface area contributed by atoms with Crippen LogP contribution in [0, 0.1) is 5.92 Å². The molecule has 0 saturated heterocycles. The Morgan fingerprint density at radius 2 is 2.18 bits per heavy atom. The van der Waals surface area contributed by atoms with Gasteiger partial charge in [-0.1, -0.05) is 25.3 Å². The number of amides is 1. The second-order valence-corrected chi connectivity index (χ2v) is 6.46. The predicted octanol–water partition coefficient (Wildman–Crippen LogP) is 2.26. The lowest BCUT2D eigenvalue weighted by Crippen LogP contribution is -2.37. The van der Waals surface area contributed by atoms with E-state index in [4.69, 9.17) is 0 Å². The average Bonchev–Trinajstić information content (AvgIpc) is 2.99. The fourth-order valence-corrected chi connectivity index (χ4v) is 3.63. The molecule has 22 heavy (non-hydrogen) atoms. The molecule has 2 aliphatic rings. The number of H-pyrrole nitrogens is 1. The summed E-state index contributed by atoms with van der Waals surface area (Å²) in [6, 6.07) is 0. The van der Waals surface area contributed by atoms with Crippen LogP contribution >= 0.6 is 0 Å². The molecule has 1 aliphatic heterocycles. The third-order valence-corrected chi connectivity index (χ3v) is 4.85. The minimum Gasteiger partial charge on any atom is -0.333 e. The van der Waals surface area contributed by atoms with Crippen molar-refractivity contribution in [2.24, 2.45) is 5.92 Å². The number of carbonyl (C=O) groups excluding carboxylic acids is 1. The number of hydrogen-bond donors (Lipinski definition) is 2. The molecule has 0 radical (unpaired) electrons. The molecule has 120 valence electrons. The maximum atomic E-state index is 12.9. The van der Waals surface area contributed by atoms with Crippen LogP contribution in [0.2, 0.25) is 0 Å². The van der Waals surface area contributed by atoms with Crippen LogP contribution in [0.25, 0.3) is 0 Å². The van der Waals surface area contributed by atoms with Crippen LogP contribution in [0.3, 0.4) is 0 Å². The van der Waals surface area contributed by atoms with Gasteiger partial charge in [0.1, 0.15) is 0 Å². The minimum atomic E-state index is 0.0478. The van der Waals surface area contributed by atoms with Crippen molar-refractivity contribution < 1.29 is 4.79 Å². The summed E-state index contributed by atoms with van der Waals surface area (Å²) < 4.78 is 0. The van der Waals surface area contributed by atoms with Gasteiger partial charge in [-0.15, -0.1) is 6.58 Å². The first-order valence-electron chi connectivity index (χ1n) is 8.46. The number of fused-ring (bicyclic) bond motifs is 1. The summed E-state index contributed by atoms with van der Waals surface area (Å²) in [6.45, 7) is 6.93. The number of aromatic nitrogens is 2. The lowest BCUT2D eigenvalue weighted by Gasteiger charge is -2.29. The zero-order valence-electron chi connectivity index (χ0n) is 13.2. The quantitative estimate of drug-likeness (QED) is 0.820. The minimum absolute atomic E-state index is 0.0478. The SMILES string of the molecule is C=CCN(CC1CCCCC1)C(=O)c1n[nH]c2c1CNCC2. The van der Waals surface area contributed by atoms with Crippen LogP contribution in [0.1, 0.15) is 53.8 Å². The lowest BCUT2D eigenvalue weighted by molar-refractivity contribution is 0.0728. The number of rotatable bonds is 5. The fraction of sp³-hybridized carbons (Fsp3) is 0.647. The Morgan fingerprint density at radius 3 is 2.95 bits per heavy atom. The predicted molar refractivity (Wildman–Crippen MR) is 86.7 cm³/mol. The Morgan fingerprint density at radius 1 is 1.36 bits per heavy atom. The zero-order valence-corrected chi connectivity index (χ0v) is 13.2. The van der Waals surface area contributed by atoms with E-state index in [2.05, 4.69) is 22.1 Å². The first-order chi connectivity index (χ1) is 10.8. The summed E-state index contributed by atoms with van der Waals surface area (Å²) in [4.78, 5) is 14.8. The molecular weight excluding hydrogens is 276 g/mol. The normalized spacial score (nSPS) is 18.7. The van der Waals surface area contributed by atoms with E-state index in [0.29, 0.717) is 18.2 Å². The van der Waals surface area contributed by atoms with Crippen molar-refractivity contribution in [3.8, 4) is 0 Å². The van der Waals surface area contributed by atoms with E-state index in [0.717, 1.165) is 37.3 Å². The fourth-order valence-electron chi connectivity index (χ4n) is 3.63. The largest absolute Gasteiger partial charge is 0.333 e. The van der Waals surface area contributed by atoms with Gasteiger partial charge in [0.2, 0.25) is 0 Å². The Hall–Kier alpha value is -1.62. The summed E-state index contributed by atoms with van der Waals surface area (Å²) in [6.07, 6.45) is 9.13. The molecule has 0 bridgehead atoms. The maximum Gasteiger partial charge on any atom is 0.274 e. The first-order valence-corrected chi connectivity index (χ1v) is 8.46. The van der Waals surface area contributed by atoms with Gasteiger partial charge in [0.15, 0.2) is 5.69 Å². The van der Waals surface area contributed by atoms with Gasteiger partial charge in [-0.05, 0) is 18.8 Å². The molecule has 1 amide bonds. The van der Waals surface area contributed by atoms with Gasteiger partial charge in [0, 0.05) is 43.9 Å². The van der Waals surface area contributed by atoms with Gasteiger partial charge >= 0.3 is 0 Å². The van der Waals surface area contributed by atoms with Crippen LogP contribution in [-0.4, -0.2) is 40.6 Å². The van der Waals surface area contributed by atoms with Gasteiger partial charge in [-0.2, -0.15) is 5.10 Å². The summed E-state index contributed by atoms with van der Waals surface area (Å²) in [7, 11) is 0. The number of nitrogens with zero attached hydrogens (tertiary/aromatic N) is 2. The molecule has 3 rings (SSSR count). The topological polar surface area (TPSA) is 61.0 Å². The van der Waals surface area contributed by atoms with Gasteiger partial charge in [0.25, 0.3) is 5.91 Å². The van der Waals surface area contributed by atoms with Crippen molar-refractivity contribution in [3.63, 3.8) is 0 Å². The highest BCUT2D eigenvalue weighted by molar-refractivity contribution is 5.94. The monoisotopic (exact) mass is 302 g/mol.